The third-order valence-electron chi connectivity index (χ3n) is 2.40. The van der Waals surface area contributed by atoms with Gasteiger partial charge in [0.15, 0.2) is 0 Å². The monoisotopic (exact) mass is 257 g/mol. The van der Waals surface area contributed by atoms with E-state index in [1.807, 2.05) is 0 Å². The second-order valence-corrected chi connectivity index (χ2v) is 4.47. The minimum absolute atomic E-state index is 0.272. The van der Waals surface area contributed by atoms with E-state index in [4.69, 9.17) is 4.74 Å². The standard InChI is InChI=1S/C9H19NO2.C6H12/c1-4-7-8(5-2)10-9(11)12-6-3;1-4-5-6(2)3/h8H,4-7H2,1-3H3,(H,10,11);2,4-5H2,1,3H3. The van der Waals surface area contributed by atoms with Crippen LogP contribution in [0.4, 0.5) is 4.79 Å². The summed E-state index contributed by atoms with van der Waals surface area (Å²) in [5.74, 6) is 0. The van der Waals surface area contributed by atoms with Crippen molar-refractivity contribution in [3.63, 3.8) is 0 Å². The van der Waals surface area contributed by atoms with E-state index in [2.05, 4.69) is 39.6 Å². The number of carbonyl (C=O) groups excluding carboxylic acids is 1. The van der Waals surface area contributed by atoms with Crippen LogP contribution in [0.15, 0.2) is 12.2 Å². The van der Waals surface area contributed by atoms with Crippen molar-refractivity contribution in [2.75, 3.05) is 6.61 Å². The van der Waals surface area contributed by atoms with Gasteiger partial charge in [-0.05, 0) is 33.1 Å². The minimum Gasteiger partial charge on any atom is -0.450 e. The van der Waals surface area contributed by atoms with E-state index in [1.165, 1.54) is 18.4 Å². The molecule has 18 heavy (non-hydrogen) atoms. The molecule has 0 aromatic carbocycles. The summed E-state index contributed by atoms with van der Waals surface area (Å²) < 4.78 is 4.77. The second kappa shape index (κ2) is 14.1. The molecule has 0 rings (SSSR count). The van der Waals surface area contributed by atoms with Crippen molar-refractivity contribution in [3.8, 4) is 0 Å². The van der Waals surface area contributed by atoms with Gasteiger partial charge in [-0.2, -0.15) is 0 Å². The molecule has 0 saturated carbocycles. The van der Waals surface area contributed by atoms with Crippen LogP contribution >= 0.6 is 0 Å². The van der Waals surface area contributed by atoms with Gasteiger partial charge in [-0.15, -0.1) is 6.58 Å². The van der Waals surface area contributed by atoms with Gasteiger partial charge in [-0.1, -0.05) is 39.2 Å². The Bertz CT molecular complexity index is 215. The van der Waals surface area contributed by atoms with Crippen molar-refractivity contribution in [2.45, 2.75) is 72.8 Å². The first-order chi connectivity index (χ1) is 8.51. The minimum atomic E-state index is -0.294. The topological polar surface area (TPSA) is 38.3 Å². The molecule has 0 radical (unpaired) electrons. The number of alkyl carbamates (subject to hydrolysis) is 1. The average Bonchev–Trinajstić information content (AvgIpc) is 2.29. The molecule has 0 aliphatic rings. The number of allylic oxidation sites excluding steroid dienone is 1. The molecular formula is C15H31NO2. The molecule has 0 spiro atoms. The molecular weight excluding hydrogens is 226 g/mol. The number of ether oxygens (including phenoxy) is 1. The van der Waals surface area contributed by atoms with Crippen LogP contribution in [-0.2, 0) is 4.74 Å². The second-order valence-electron chi connectivity index (χ2n) is 4.47. The van der Waals surface area contributed by atoms with Crippen LogP contribution < -0.4 is 5.32 Å². The number of nitrogens with one attached hydrogen (secondary N) is 1. The molecule has 3 nitrogen and oxygen atoms in total. The molecule has 0 fully saturated rings. The molecule has 1 N–H and O–H groups in total. The first-order valence-electron chi connectivity index (χ1n) is 7.09. The van der Waals surface area contributed by atoms with Crippen LogP contribution in [0.3, 0.4) is 0 Å². The van der Waals surface area contributed by atoms with E-state index < -0.39 is 0 Å². The zero-order valence-electron chi connectivity index (χ0n) is 12.8. The Kier molecular flexibility index (Phi) is 15.1. The molecule has 0 heterocycles. The van der Waals surface area contributed by atoms with E-state index in [9.17, 15) is 4.79 Å². The molecule has 1 unspecified atom stereocenters. The zero-order chi connectivity index (χ0) is 14.4. The van der Waals surface area contributed by atoms with E-state index in [0.29, 0.717) is 6.61 Å². The third-order valence-corrected chi connectivity index (χ3v) is 2.40. The molecule has 0 saturated heterocycles. The molecule has 108 valence electrons. The molecule has 3 heteroatoms. The van der Waals surface area contributed by atoms with Crippen LogP contribution in [0.1, 0.15) is 66.7 Å². The summed E-state index contributed by atoms with van der Waals surface area (Å²) in [4.78, 5) is 11.0. The predicted molar refractivity (Wildman–Crippen MR) is 78.9 cm³/mol. The first kappa shape index (κ1) is 19.4. The number of rotatable bonds is 7. The van der Waals surface area contributed by atoms with Crippen LogP contribution in [-0.4, -0.2) is 18.7 Å². The number of hydrogen-bond donors (Lipinski definition) is 1. The van der Waals surface area contributed by atoms with Crippen molar-refractivity contribution >= 4 is 6.09 Å². The van der Waals surface area contributed by atoms with Crippen molar-refractivity contribution in [3.05, 3.63) is 12.2 Å². The van der Waals surface area contributed by atoms with Crippen LogP contribution in [0.25, 0.3) is 0 Å². The molecule has 0 bridgehead atoms. The zero-order valence-corrected chi connectivity index (χ0v) is 12.8. The highest BCUT2D eigenvalue weighted by Crippen LogP contribution is 2.00. The number of hydrogen-bond acceptors (Lipinski definition) is 2. The van der Waals surface area contributed by atoms with Crippen molar-refractivity contribution < 1.29 is 9.53 Å². The van der Waals surface area contributed by atoms with Gasteiger partial charge in [0, 0.05) is 6.04 Å². The lowest BCUT2D eigenvalue weighted by atomic mass is 10.1. The highest BCUT2D eigenvalue weighted by molar-refractivity contribution is 5.67. The lowest BCUT2D eigenvalue weighted by Crippen LogP contribution is -2.34. The Labute approximate surface area is 113 Å². The van der Waals surface area contributed by atoms with Gasteiger partial charge in [0.05, 0.1) is 6.61 Å². The normalized spacial score (nSPS) is 10.9. The van der Waals surface area contributed by atoms with Gasteiger partial charge >= 0.3 is 6.09 Å². The maximum absolute atomic E-state index is 11.0. The Morgan fingerprint density at radius 2 is 1.83 bits per heavy atom. The molecule has 0 aliphatic heterocycles. The maximum atomic E-state index is 11.0. The SMILES string of the molecule is C=C(C)CCC.CCCC(CC)NC(=O)OCC. The van der Waals surface area contributed by atoms with Gasteiger partial charge in [-0.3, -0.25) is 0 Å². The average molecular weight is 257 g/mol. The van der Waals surface area contributed by atoms with Crippen LogP contribution in [0.5, 0.6) is 0 Å². The van der Waals surface area contributed by atoms with Crippen LogP contribution in [0, 0.1) is 0 Å². The number of amides is 1. The lowest BCUT2D eigenvalue weighted by molar-refractivity contribution is 0.147. The fourth-order valence-corrected chi connectivity index (χ4v) is 1.49. The van der Waals surface area contributed by atoms with E-state index in [0.717, 1.165) is 19.3 Å². The van der Waals surface area contributed by atoms with E-state index in [-0.39, 0.29) is 12.1 Å². The largest absolute Gasteiger partial charge is 0.450 e. The quantitative estimate of drug-likeness (QED) is 0.673. The molecule has 0 aromatic heterocycles. The van der Waals surface area contributed by atoms with Crippen molar-refractivity contribution in [1.29, 1.82) is 0 Å². The summed E-state index contributed by atoms with van der Waals surface area (Å²) in [6.45, 7) is 14.4. The van der Waals surface area contributed by atoms with Gasteiger partial charge < -0.3 is 10.1 Å². The van der Waals surface area contributed by atoms with Crippen molar-refractivity contribution in [2.24, 2.45) is 0 Å². The molecule has 1 amide bonds. The van der Waals surface area contributed by atoms with Gasteiger partial charge in [0.25, 0.3) is 0 Å². The highest BCUT2D eigenvalue weighted by atomic mass is 16.5. The fourth-order valence-electron chi connectivity index (χ4n) is 1.49. The number of carbonyl (C=O) groups is 1. The Hall–Kier alpha value is -0.990. The third kappa shape index (κ3) is 15.0. The smallest absolute Gasteiger partial charge is 0.407 e. The lowest BCUT2D eigenvalue weighted by Gasteiger charge is -2.15. The summed E-state index contributed by atoms with van der Waals surface area (Å²) in [6.07, 6.45) is 5.19. The highest BCUT2D eigenvalue weighted by Gasteiger charge is 2.08. The van der Waals surface area contributed by atoms with E-state index >= 15 is 0 Å². The summed E-state index contributed by atoms with van der Waals surface area (Å²) in [6, 6.07) is 0.272. The summed E-state index contributed by atoms with van der Waals surface area (Å²) >= 11 is 0. The molecule has 0 aliphatic carbocycles. The van der Waals surface area contributed by atoms with Crippen molar-refractivity contribution in [1.82, 2.24) is 5.32 Å². The Morgan fingerprint density at radius 1 is 1.22 bits per heavy atom. The Morgan fingerprint density at radius 3 is 2.11 bits per heavy atom. The summed E-state index contributed by atoms with van der Waals surface area (Å²) in [7, 11) is 0. The summed E-state index contributed by atoms with van der Waals surface area (Å²) in [5.41, 5.74) is 1.29. The molecule has 0 aromatic rings. The summed E-state index contributed by atoms with van der Waals surface area (Å²) in [5, 5.41) is 2.81. The van der Waals surface area contributed by atoms with E-state index in [1.54, 1.807) is 6.92 Å². The van der Waals surface area contributed by atoms with Gasteiger partial charge in [-0.25, -0.2) is 4.79 Å². The van der Waals surface area contributed by atoms with Crippen LogP contribution in [0.2, 0.25) is 0 Å². The first-order valence-corrected chi connectivity index (χ1v) is 7.09. The van der Waals surface area contributed by atoms with Gasteiger partial charge in [0.2, 0.25) is 0 Å². The predicted octanol–water partition coefficient (Wildman–Crippen LogP) is 4.67. The fraction of sp³-hybridized carbons (Fsp3) is 0.800. The molecule has 1 atom stereocenters. The maximum Gasteiger partial charge on any atom is 0.407 e. The van der Waals surface area contributed by atoms with Gasteiger partial charge in [0.1, 0.15) is 0 Å². The Balaban J connectivity index is 0.